The fourth-order valence-corrected chi connectivity index (χ4v) is 5.23. The Hall–Kier alpha value is -2.98. The lowest BCUT2D eigenvalue weighted by molar-refractivity contribution is 0.229. The Morgan fingerprint density at radius 2 is 1.72 bits per heavy atom. The van der Waals surface area contributed by atoms with Crippen molar-refractivity contribution in [3.05, 3.63) is 87.5 Å². The standard InChI is InChI=1S/C25H20ClF5N4S/c1-12-10-34(23-19(28)21(30)24(36)22(31)20(23)29)6-7-35(12)25-15-8-16(26)14(9-18(15)32-11-33-25)13-4-2-3-5-17(13)27/h2-5,8-9,11-12,18,36H,6-7,10H2,1H3,(H,32,33). The molecule has 0 amide bonds. The molecular formula is C25H20ClF5N4S. The van der Waals surface area contributed by atoms with Gasteiger partial charge < -0.3 is 15.1 Å². The van der Waals surface area contributed by atoms with Gasteiger partial charge in [0.2, 0.25) is 0 Å². The van der Waals surface area contributed by atoms with E-state index in [2.05, 4.69) is 22.9 Å². The summed E-state index contributed by atoms with van der Waals surface area (Å²) in [5, 5.41) is 3.46. The second-order valence-corrected chi connectivity index (χ2v) is 9.52. The van der Waals surface area contributed by atoms with Crippen LogP contribution in [0.1, 0.15) is 12.5 Å². The number of anilines is 1. The van der Waals surface area contributed by atoms with Crippen LogP contribution in [0.25, 0.3) is 5.57 Å². The number of hydrogen-bond donors (Lipinski definition) is 2. The van der Waals surface area contributed by atoms with Gasteiger partial charge in [-0.1, -0.05) is 29.8 Å². The minimum Gasteiger partial charge on any atom is -0.363 e. The Balaban J connectivity index is 1.44. The molecule has 2 aromatic rings. The molecule has 1 fully saturated rings. The fourth-order valence-electron chi connectivity index (χ4n) is 4.75. The molecule has 0 spiro atoms. The van der Waals surface area contributed by atoms with E-state index in [9.17, 15) is 22.0 Å². The van der Waals surface area contributed by atoms with Gasteiger partial charge in [-0.3, -0.25) is 4.99 Å². The third-order valence-corrected chi connectivity index (χ3v) is 7.21. The molecule has 2 heterocycles. The van der Waals surface area contributed by atoms with Crippen LogP contribution in [0.3, 0.4) is 0 Å². The van der Waals surface area contributed by atoms with Crippen LogP contribution in [0.4, 0.5) is 27.6 Å². The van der Waals surface area contributed by atoms with Gasteiger partial charge >= 0.3 is 0 Å². The summed E-state index contributed by atoms with van der Waals surface area (Å²) in [7, 11) is 0. The minimum absolute atomic E-state index is 0.0900. The van der Waals surface area contributed by atoms with E-state index in [1.54, 1.807) is 30.4 Å². The predicted octanol–water partition coefficient (Wildman–Crippen LogP) is 5.61. The molecule has 0 aromatic heterocycles. The fraction of sp³-hybridized carbons (Fsp3) is 0.240. The van der Waals surface area contributed by atoms with E-state index in [-0.39, 0.29) is 25.7 Å². The van der Waals surface area contributed by atoms with E-state index < -0.39 is 45.7 Å². The summed E-state index contributed by atoms with van der Waals surface area (Å²) < 4.78 is 71.7. The molecule has 2 atom stereocenters. The first kappa shape index (κ1) is 24.7. The molecule has 1 saturated heterocycles. The summed E-state index contributed by atoms with van der Waals surface area (Å²) in [4.78, 5) is 6.72. The zero-order valence-electron chi connectivity index (χ0n) is 18.9. The van der Waals surface area contributed by atoms with E-state index in [4.69, 9.17) is 11.6 Å². The number of nitrogens with zero attached hydrogens (tertiary/aromatic N) is 3. The van der Waals surface area contributed by atoms with Gasteiger partial charge in [-0.05, 0) is 25.1 Å². The van der Waals surface area contributed by atoms with Crippen LogP contribution in [-0.4, -0.2) is 43.0 Å². The first-order valence-corrected chi connectivity index (χ1v) is 11.9. The van der Waals surface area contributed by atoms with Gasteiger partial charge in [-0.25, -0.2) is 22.0 Å². The maximum absolute atomic E-state index is 14.6. The highest BCUT2D eigenvalue weighted by Crippen LogP contribution is 2.38. The van der Waals surface area contributed by atoms with Crippen LogP contribution in [0.2, 0.25) is 0 Å². The van der Waals surface area contributed by atoms with E-state index >= 15 is 0 Å². The Morgan fingerprint density at radius 1 is 1.03 bits per heavy atom. The molecule has 4 nitrogen and oxygen atoms in total. The molecule has 1 aliphatic carbocycles. The number of halogens is 6. The number of rotatable bonds is 3. The zero-order valence-corrected chi connectivity index (χ0v) is 20.5. The van der Waals surface area contributed by atoms with Crippen molar-refractivity contribution in [3.63, 3.8) is 0 Å². The molecule has 36 heavy (non-hydrogen) atoms. The van der Waals surface area contributed by atoms with Crippen LogP contribution in [0, 0.1) is 29.1 Å². The minimum atomic E-state index is -1.53. The summed E-state index contributed by atoms with van der Waals surface area (Å²) in [6, 6.07) is 5.58. The van der Waals surface area contributed by atoms with Crippen molar-refractivity contribution >= 4 is 41.8 Å². The maximum atomic E-state index is 14.6. The largest absolute Gasteiger partial charge is 0.363 e. The maximum Gasteiger partial charge on any atom is 0.186 e. The number of allylic oxidation sites excluding steroid dienone is 2. The molecule has 2 aromatic carbocycles. The Labute approximate surface area is 214 Å². The van der Waals surface area contributed by atoms with E-state index in [1.165, 1.54) is 17.3 Å². The summed E-state index contributed by atoms with van der Waals surface area (Å²) in [5.74, 6) is -5.72. The molecule has 5 rings (SSSR count). The van der Waals surface area contributed by atoms with Crippen molar-refractivity contribution in [2.45, 2.75) is 23.9 Å². The average Bonchev–Trinajstić information content (AvgIpc) is 2.86. The second kappa shape index (κ2) is 9.48. The van der Waals surface area contributed by atoms with Crippen molar-refractivity contribution in [1.29, 1.82) is 0 Å². The number of benzene rings is 2. The normalized spacial score (nSPS) is 21.8. The van der Waals surface area contributed by atoms with Crippen LogP contribution in [0.15, 0.2) is 62.7 Å². The van der Waals surface area contributed by atoms with Crippen molar-refractivity contribution in [2.75, 3.05) is 24.5 Å². The lowest BCUT2D eigenvalue weighted by Crippen LogP contribution is -2.54. The lowest BCUT2D eigenvalue weighted by atomic mass is 9.92. The monoisotopic (exact) mass is 538 g/mol. The zero-order chi connectivity index (χ0) is 25.7. The Kier molecular flexibility index (Phi) is 6.50. The van der Waals surface area contributed by atoms with Crippen molar-refractivity contribution in [2.24, 2.45) is 4.99 Å². The number of hydrogen-bond acceptors (Lipinski definition) is 5. The van der Waals surface area contributed by atoms with E-state index in [0.717, 1.165) is 5.57 Å². The van der Waals surface area contributed by atoms with Gasteiger partial charge in [-0.2, -0.15) is 0 Å². The highest BCUT2D eigenvalue weighted by atomic mass is 35.5. The highest BCUT2D eigenvalue weighted by Gasteiger charge is 2.35. The highest BCUT2D eigenvalue weighted by molar-refractivity contribution is 7.80. The molecule has 0 radical (unpaired) electrons. The summed E-state index contributed by atoms with van der Waals surface area (Å²) in [6.45, 7) is 2.30. The Bertz CT molecular complexity index is 1340. The molecule has 2 unspecified atom stereocenters. The molecule has 1 N–H and O–H groups in total. The van der Waals surface area contributed by atoms with Crippen molar-refractivity contribution in [3.8, 4) is 0 Å². The van der Waals surface area contributed by atoms with Gasteiger partial charge in [0.25, 0.3) is 0 Å². The molecule has 188 valence electrons. The van der Waals surface area contributed by atoms with Gasteiger partial charge in [-0.15, -0.1) is 12.6 Å². The molecule has 11 heteroatoms. The molecule has 0 bridgehead atoms. The second-order valence-electron chi connectivity index (χ2n) is 8.67. The third kappa shape index (κ3) is 4.06. The topological polar surface area (TPSA) is 30.9 Å². The van der Waals surface area contributed by atoms with Crippen LogP contribution >= 0.6 is 24.2 Å². The Morgan fingerprint density at radius 3 is 2.39 bits per heavy atom. The predicted molar refractivity (Wildman–Crippen MR) is 133 cm³/mol. The van der Waals surface area contributed by atoms with Crippen LogP contribution in [-0.2, 0) is 0 Å². The number of thiol groups is 1. The van der Waals surface area contributed by atoms with Gasteiger partial charge in [0, 0.05) is 47.4 Å². The first-order valence-electron chi connectivity index (χ1n) is 11.1. The molecular weight excluding hydrogens is 519 g/mol. The lowest BCUT2D eigenvalue weighted by Gasteiger charge is -2.44. The smallest absolute Gasteiger partial charge is 0.186 e. The number of piperazine rings is 1. The van der Waals surface area contributed by atoms with Crippen LogP contribution < -0.4 is 10.2 Å². The van der Waals surface area contributed by atoms with E-state index in [0.29, 0.717) is 22.0 Å². The van der Waals surface area contributed by atoms with Gasteiger partial charge in [0.15, 0.2) is 23.3 Å². The average molecular weight is 539 g/mol. The quantitative estimate of drug-likeness (QED) is 0.302. The van der Waals surface area contributed by atoms with Crippen molar-refractivity contribution < 1.29 is 22.0 Å². The first-order chi connectivity index (χ1) is 17.2. The van der Waals surface area contributed by atoms with Gasteiger partial charge in [0.1, 0.15) is 17.3 Å². The van der Waals surface area contributed by atoms with E-state index in [1.807, 2.05) is 11.8 Å². The van der Waals surface area contributed by atoms with Gasteiger partial charge in [0.05, 0.1) is 17.3 Å². The molecule has 0 saturated carbocycles. The molecule has 3 aliphatic rings. The number of aliphatic imine (C=N–C) groups is 1. The van der Waals surface area contributed by atoms with Crippen LogP contribution in [0.5, 0.6) is 0 Å². The summed E-state index contributed by atoms with van der Waals surface area (Å²) in [5.41, 5.74) is 0.895. The summed E-state index contributed by atoms with van der Waals surface area (Å²) in [6.07, 6.45) is 5.03. The third-order valence-electron chi connectivity index (χ3n) is 6.50. The SMILES string of the molecule is CC1CN(c2c(F)c(F)c(S)c(F)c2F)CCN1C1=C2C=C(Cl)C(c3ccccc3F)=CC2N=CN1. The van der Waals surface area contributed by atoms with Crippen molar-refractivity contribution in [1.82, 2.24) is 10.2 Å². The molecule has 2 aliphatic heterocycles. The number of fused-ring (bicyclic) bond motifs is 1. The number of nitrogens with one attached hydrogen (secondary N) is 1. The summed E-state index contributed by atoms with van der Waals surface area (Å²) >= 11 is 10.1.